The van der Waals surface area contributed by atoms with E-state index in [1.54, 1.807) is 12.1 Å². The maximum absolute atomic E-state index is 11.1. The summed E-state index contributed by atoms with van der Waals surface area (Å²) >= 11 is 0. The standard InChI is InChI=1S/C17H25NO3/c1-18(2)12-15(17(21)10-4-3-5-11-17)13-6-8-14(9-7-13)16(19)20/h6-9,15,21H,3-5,10-12H2,1-2H3,(H,19,20). The smallest absolute Gasteiger partial charge is 0.335 e. The van der Waals surface area contributed by atoms with Crippen LogP contribution in [0.1, 0.15) is 53.9 Å². The van der Waals surface area contributed by atoms with E-state index in [2.05, 4.69) is 4.90 Å². The molecular formula is C17H25NO3. The van der Waals surface area contributed by atoms with Gasteiger partial charge in [0.05, 0.1) is 11.2 Å². The highest BCUT2D eigenvalue weighted by atomic mass is 16.4. The van der Waals surface area contributed by atoms with E-state index in [9.17, 15) is 9.90 Å². The lowest BCUT2D eigenvalue weighted by Crippen LogP contribution is -2.42. The summed E-state index contributed by atoms with van der Waals surface area (Å²) in [4.78, 5) is 13.1. The summed E-state index contributed by atoms with van der Waals surface area (Å²) in [6, 6.07) is 6.97. The Bertz CT molecular complexity index is 475. The number of hydrogen-bond donors (Lipinski definition) is 2. The fraction of sp³-hybridized carbons (Fsp3) is 0.588. The lowest BCUT2D eigenvalue weighted by atomic mass is 9.72. The monoisotopic (exact) mass is 291 g/mol. The zero-order valence-electron chi connectivity index (χ0n) is 12.9. The number of carbonyl (C=O) groups is 1. The Balaban J connectivity index is 2.28. The highest BCUT2D eigenvalue weighted by molar-refractivity contribution is 5.87. The van der Waals surface area contributed by atoms with Gasteiger partial charge in [-0.05, 0) is 44.6 Å². The van der Waals surface area contributed by atoms with E-state index in [1.165, 1.54) is 6.42 Å². The molecule has 1 aromatic rings. The number of aromatic carboxylic acids is 1. The zero-order chi connectivity index (χ0) is 15.5. The van der Waals surface area contributed by atoms with Gasteiger partial charge in [-0.25, -0.2) is 4.79 Å². The first-order valence-corrected chi connectivity index (χ1v) is 7.63. The molecule has 1 aliphatic carbocycles. The summed E-state index contributed by atoms with van der Waals surface area (Å²) in [5.41, 5.74) is 0.642. The molecule has 1 unspecified atom stereocenters. The molecule has 0 saturated heterocycles. The fourth-order valence-electron chi connectivity index (χ4n) is 3.32. The second kappa shape index (κ2) is 6.58. The SMILES string of the molecule is CN(C)CC(c1ccc(C(=O)O)cc1)C1(O)CCCCC1. The van der Waals surface area contributed by atoms with Crippen LogP contribution in [0.2, 0.25) is 0 Å². The molecule has 0 aliphatic heterocycles. The Kier molecular flexibility index (Phi) is 5.01. The molecule has 116 valence electrons. The maximum Gasteiger partial charge on any atom is 0.335 e. The third kappa shape index (κ3) is 3.83. The van der Waals surface area contributed by atoms with Crippen LogP contribution in [-0.2, 0) is 0 Å². The summed E-state index contributed by atoms with van der Waals surface area (Å²) in [5, 5.41) is 20.1. The predicted molar refractivity (Wildman–Crippen MR) is 82.7 cm³/mol. The Labute approximate surface area is 126 Å². The second-order valence-electron chi connectivity index (χ2n) is 6.41. The fourth-order valence-corrected chi connectivity index (χ4v) is 3.32. The minimum atomic E-state index is -0.915. The Morgan fingerprint density at radius 1 is 1.19 bits per heavy atom. The Morgan fingerprint density at radius 2 is 1.76 bits per heavy atom. The van der Waals surface area contributed by atoms with Gasteiger partial charge in [-0.3, -0.25) is 0 Å². The maximum atomic E-state index is 11.1. The molecule has 1 atom stereocenters. The molecule has 1 fully saturated rings. The minimum Gasteiger partial charge on any atom is -0.478 e. The van der Waals surface area contributed by atoms with Gasteiger partial charge in [-0.15, -0.1) is 0 Å². The van der Waals surface area contributed by atoms with Crippen molar-refractivity contribution < 1.29 is 15.0 Å². The molecule has 0 radical (unpaired) electrons. The van der Waals surface area contributed by atoms with Crippen LogP contribution >= 0.6 is 0 Å². The average molecular weight is 291 g/mol. The van der Waals surface area contributed by atoms with Crippen LogP contribution in [0.25, 0.3) is 0 Å². The van der Waals surface area contributed by atoms with Gasteiger partial charge in [-0.1, -0.05) is 31.4 Å². The van der Waals surface area contributed by atoms with E-state index in [0.29, 0.717) is 0 Å². The van der Waals surface area contributed by atoms with E-state index in [0.717, 1.165) is 37.8 Å². The molecule has 2 rings (SSSR count). The molecule has 0 spiro atoms. The number of benzene rings is 1. The molecule has 4 heteroatoms. The van der Waals surface area contributed by atoms with Gasteiger partial charge in [-0.2, -0.15) is 0 Å². The zero-order valence-corrected chi connectivity index (χ0v) is 12.9. The molecular weight excluding hydrogens is 266 g/mol. The quantitative estimate of drug-likeness (QED) is 0.875. The Hall–Kier alpha value is -1.39. The lowest BCUT2D eigenvalue weighted by Gasteiger charge is -2.40. The van der Waals surface area contributed by atoms with Crippen LogP contribution in [0.3, 0.4) is 0 Å². The van der Waals surface area contributed by atoms with Gasteiger partial charge >= 0.3 is 5.97 Å². The first kappa shape index (κ1) is 16.0. The van der Waals surface area contributed by atoms with Gasteiger partial charge < -0.3 is 15.1 Å². The van der Waals surface area contributed by atoms with Crippen LogP contribution in [-0.4, -0.2) is 47.3 Å². The normalized spacial score (nSPS) is 19.4. The van der Waals surface area contributed by atoms with Gasteiger partial charge in [0.15, 0.2) is 0 Å². The van der Waals surface area contributed by atoms with Crippen molar-refractivity contribution in [2.75, 3.05) is 20.6 Å². The minimum absolute atomic E-state index is 0.0237. The number of carboxylic acid groups (broad SMARTS) is 1. The summed E-state index contributed by atoms with van der Waals surface area (Å²) in [7, 11) is 4.01. The third-order valence-electron chi connectivity index (χ3n) is 4.48. The van der Waals surface area contributed by atoms with E-state index in [4.69, 9.17) is 5.11 Å². The van der Waals surface area contributed by atoms with E-state index in [-0.39, 0.29) is 11.5 Å². The number of aliphatic hydroxyl groups is 1. The predicted octanol–water partition coefficient (Wildman–Crippen LogP) is 2.73. The van der Waals surface area contributed by atoms with Crippen LogP contribution in [0.15, 0.2) is 24.3 Å². The number of carboxylic acids is 1. The highest BCUT2D eigenvalue weighted by Crippen LogP contribution is 2.40. The Morgan fingerprint density at radius 3 is 2.24 bits per heavy atom. The molecule has 1 aliphatic rings. The number of likely N-dealkylation sites (N-methyl/N-ethyl adjacent to an activating group) is 1. The first-order chi connectivity index (χ1) is 9.92. The molecule has 21 heavy (non-hydrogen) atoms. The van der Waals surface area contributed by atoms with E-state index < -0.39 is 11.6 Å². The van der Waals surface area contributed by atoms with Crippen molar-refractivity contribution in [2.24, 2.45) is 0 Å². The average Bonchev–Trinajstić information content (AvgIpc) is 2.45. The first-order valence-electron chi connectivity index (χ1n) is 7.63. The molecule has 0 amide bonds. The summed E-state index contributed by atoms with van der Waals surface area (Å²) in [5.74, 6) is -0.891. The van der Waals surface area contributed by atoms with Crippen LogP contribution in [0, 0.1) is 0 Å². The van der Waals surface area contributed by atoms with E-state index in [1.807, 2.05) is 26.2 Å². The lowest BCUT2D eigenvalue weighted by molar-refractivity contribution is -0.0277. The van der Waals surface area contributed by atoms with Crippen molar-refractivity contribution >= 4 is 5.97 Å². The van der Waals surface area contributed by atoms with E-state index >= 15 is 0 Å². The van der Waals surface area contributed by atoms with Crippen molar-refractivity contribution in [1.82, 2.24) is 4.90 Å². The van der Waals surface area contributed by atoms with Crippen molar-refractivity contribution in [3.63, 3.8) is 0 Å². The topological polar surface area (TPSA) is 60.8 Å². The van der Waals surface area contributed by atoms with Crippen molar-refractivity contribution in [1.29, 1.82) is 0 Å². The number of rotatable bonds is 5. The molecule has 2 N–H and O–H groups in total. The van der Waals surface area contributed by atoms with Crippen molar-refractivity contribution in [3.05, 3.63) is 35.4 Å². The van der Waals surface area contributed by atoms with Crippen molar-refractivity contribution in [3.8, 4) is 0 Å². The van der Waals surface area contributed by atoms with Crippen LogP contribution in [0.4, 0.5) is 0 Å². The summed E-state index contributed by atoms with van der Waals surface area (Å²) in [6.07, 6.45) is 4.97. The largest absolute Gasteiger partial charge is 0.478 e. The number of nitrogens with zero attached hydrogens (tertiary/aromatic N) is 1. The van der Waals surface area contributed by atoms with Gasteiger partial charge in [0.25, 0.3) is 0 Å². The molecule has 1 aromatic carbocycles. The molecule has 0 aromatic heterocycles. The molecule has 0 heterocycles. The molecule has 0 bridgehead atoms. The second-order valence-corrected chi connectivity index (χ2v) is 6.41. The van der Waals surface area contributed by atoms with Crippen LogP contribution in [0.5, 0.6) is 0 Å². The summed E-state index contributed by atoms with van der Waals surface area (Å²) < 4.78 is 0. The highest BCUT2D eigenvalue weighted by Gasteiger charge is 2.38. The molecule has 4 nitrogen and oxygen atoms in total. The summed E-state index contributed by atoms with van der Waals surface area (Å²) in [6.45, 7) is 0.767. The number of hydrogen-bond acceptors (Lipinski definition) is 3. The van der Waals surface area contributed by atoms with Gasteiger partial charge in [0.2, 0.25) is 0 Å². The van der Waals surface area contributed by atoms with Gasteiger partial charge in [0.1, 0.15) is 0 Å². The molecule has 1 saturated carbocycles. The van der Waals surface area contributed by atoms with Crippen molar-refractivity contribution in [2.45, 2.75) is 43.6 Å². The third-order valence-corrected chi connectivity index (χ3v) is 4.48. The van der Waals surface area contributed by atoms with Crippen LogP contribution < -0.4 is 0 Å². The van der Waals surface area contributed by atoms with Gasteiger partial charge in [0, 0.05) is 12.5 Å².